The number of fused-ring (bicyclic) bond motifs is 2. The zero-order valence-electron chi connectivity index (χ0n) is 10.7. The number of aromatic amines is 2. The molecule has 0 aliphatic carbocycles. The second-order valence-corrected chi connectivity index (χ2v) is 5.06. The molecule has 2 aromatic heterocycles. The summed E-state index contributed by atoms with van der Waals surface area (Å²) in [6.07, 6.45) is 2.63. The second-order valence-electron chi connectivity index (χ2n) is 5.06. The average Bonchev–Trinajstić information content (AvgIpc) is 3.04. The standard InChI is InChI=1S/C14H15N5/c1-8-3-2-4-9-13(8)19-14(18-9)11-5-10-12(6-15-11)17-7-16-10/h2-4,7,11,15H,5-6H2,1H3,(H,16,17)(H,18,19). The highest BCUT2D eigenvalue weighted by Crippen LogP contribution is 2.24. The molecule has 0 radical (unpaired) electrons. The van der Waals surface area contributed by atoms with E-state index in [0.29, 0.717) is 0 Å². The van der Waals surface area contributed by atoms with Crippen LogP contribution in [0.2, 0.25) is 0 Å². The quantitative estimate of drug-likeness (QED) is 0.621. The summed E-state index contributed by atoms with van der Waals surface area (Å²) in [4.78, 5) is 15.7. The van der Waals surface area contributed by atoms with E-state index in [1.807, 2.05) is 0 Å². The van der Waals surface area contributed by atoms with Crippen LogP contribution in [0.15, 0.2) is 24.5 Å². The lowest BCUT2D eigenvalue weighted by molar-refractivity contribution is 0.472. The van der Waals surface area contributed by atoms with Crippen molar-refractivity contribution in [2.45, 2.75) is 25.9 Å². The highest BCUT2D eigenvalue weighted by Gasteiger charge is 2.23. The lowest BCUT2D eigenvalue weighted by atomic mass is 10.1. The molecule has 1 unspecified atom stereocenters. The molecule has 0 fully saturated rings. The van der Waals surface area contributed by atoms with Crippen molar-refractivity contribution in [1.82, 2.24) is 25.3 Å². The van der Waals surface area contributed by atoms with E-state index in [4.69, 9.17) is 4.98 Å². The molecule has 3 N–H and O–H groups in total. The molecule has 19 heavy (non-hydrogen) atoms. The van der Waals surface area contributed by atoms with Gasteiger partial charge in [-0.3, -0.25) is 0 Å². The van der Waals surface area contributed by atoms with E-state index in [9.17, 15) is 0 Å². The van der Waals surface area contributed by atoms with Gasteiger partial charge < -0.3 is 15.3 Å². The number of H-pyrrole nitrogens is 2. The Hall–Kier alpha value is -2.14. The molecule has 3 aromatic rings. The van der Waals surface area contributed by atoms with Crippen molar-refractivity contribution >= 4 is 11.0 Å². The minimum absolute atomic E-state index is 0.211. The number of imidazole rings is 2. The van der Waals surface area contributed by atoms with Crippen molar-refractivity contribution in [2.75, 3.05) is 0 Å². The Morgan fingerprint density at radius 2 is 2.26 bits per heavy atom. The first-order valence-electron chi connectivity index (χ1n) is 6.51. The number of aryl methyl sites for hydroxylation is 1. The van der Waals surface area contributed by atoms with Crippen LogP contribution >= 0.6 is 0 Å². The molecule has 3 heterocycles. The number of aromatic nitrogens is 4. The number of para-hydroxylation sites is 1. The van der Waals surface area contributed by atoms with Gasteiger partial charge in [0.1, 0.15) is 5.82 Å². The minimum Gasteiger partial charge on any atom is -0.347 e. The lowest BCUT2D eigenvalue weighted by Gasteiger charge is -2.20. The second kappa shape index (κ2) is 3.93. The Kier molecular flexibility index (Phi) is 2.22. The fourth-order valence-corrected chi connectivity index (χ4v) is 2.72. The highest BCUT2D eigenvalue weighted by molar-refractivity contribution is 5.78. The van der Waals surface area contributed by atoms with Crippen LogP contribution < -0.4 is 5.32 Å². The number of nitrogens with zero attached hydrogens (tertiary/aromatic N) is 2. The van der Waals surface area contributed by atoms with Crippen LogP contribution in [0.1, 0.15) is 28.8 Å². The molecule has 0 spiro atoms. The van der Waals surface area contributed by atoms with Gasteiger partial charge in [0.05, 0.1) is 34.8 Å². The van der Waals surface area contributed by atoms with Gasteiger partial charge in [-0.25, -0.2) is 9.97 Å². The summed E-state index contributed by atoms with van der Waals surface area (Å²) in [5.74, 6) is 0.998. The molecule has 96 valence electrons. The van der Waals surface area contributed by atoms with Crippen molar-refractivity contribution in [3.05, 3.63) is 47.3 Å². The third-order valence-electron chi connectivity index (χ3n) is 3.79. The molecule has 0 saturated carbocycles. The fourth-order valence-electron chi connectivity index (χ4n) is 2.72. The van der Waals surface area contributed by atoms with Gasteiger partial charge in [0, 0.05) is 13.0 Å². The number of hydrogen-bond acceptors (Lipinski definition) is 3. The Morgan fingerprint density at radius 3 is 3.16 bits per heavy atom. The fraction of sp³-hybridized carbons (Fsp3) is 0.286. The largest absolute Gasteiger partial charge is 0.347 e. The van der Waals surface area contributed by atoms with Gasteiger partial charge in [0.25, 0.3) is 0 Å². The number of hydrogen-bond donors (Lipinski definition) is 3. The smallest absolute Gasteiger partial charge is 0.124 e. The van der Waals surface area contributed by atoms with Crippen LogP contribution in [0.4, 0.5) is 0 Å². The Labute approximate surface area is 110 Å². The SMILES string of the molecule is Cc1cccc2[nH]c(C3Cc4nc[nH]c4CN3)nc12. The highest BCUT2D eigenvalue weighted by atomic mass is 15.1. The predicted molar refractivity (Wildman–Crippen MR) is 72.7 cm³/mol. The summed E-state index contributed by atoms with van der Waals surface area (Å²) in [5.41, 5.74) is 5.69. The molecule has 1 aromatic carbocycles. The summed E-state index contributed by atoms with van der Waals surface area (Å²) in [5, 5.41) is 3.49. The van der Waals surface area contributed by atoms with Crippen LogP contribution in [0.5, 0.6) is 0 Å². The molecule has 0 bridgehead atoms. The van der Waals surface area contributed by atoms with E-state index in [0.717, 1.165) is 35.5 Å². The van der Waals surface area contributed by atoms with Gasteiger partial charge in [-0.05, 0) is 18.6 Å². The molecular formula is C14H15N5. The van der Waals surface area contributed by atoms with E-state index in [1.165, 1.54) is 11.3 Å². The molecule has 1 aliphatic rings. The molecule has 0 amide bonds. The maximum atomic E-state index is 4.74. The van der Waals surface area contributed by atoms with Crippen molar-refractivity contribution in [3.8, 4) is 0 Å². The maximum absolute atomic E-state index is 4.74. The first-order valence-corrected chi connectivity index (χ1v) is 6.51. The van der Waals surface area contributed by atoms with E-state index in [1.54, 1.807) is 6.33 Å². The summed E-state index contributed by atoms with van der Waals surface area (Å²) in [6, 6.07) is 6.43. The van der Waals surface area contributed by atoms with Gasteiger partial charge >= 0.3 is 0 Å². The molecule has 5 nitrogen and oxygen atoms in total. The molecule has 1 atom stereocenters. The molecule has 1 aliphatic heterocycles. The van der Waals surface area contributed by atoms with Crippen molar-refractivity contribution in [2.24, 2.45) is 0 Å². The van der Waals surface area contributed by atoms with Crippen molar-refractivity contribution in [1.29, 1.82) is 0 Å². The van der Waals surface area contributed by atoms with E-state index < -0.39 is 0 Å². The van der Waals surface area contributed by atoms with Crippen molar-refractivity contribution in [3.63, 3.8) is 0 Å². The first kappa shape index (κ1) is 10.8. The third kappa shape index (κ3) is 1.66. The van der Waals surface area contributed by atoms with Gasteiger partial charge in [-0.15, -0.1) is 0 Å². The zero-order chi connectivity index (χ0) is 12.8. The van der Waals surface area contributed by atoms with Crippen LogP contribution in [-0.4, -0.2) is 19.9 Å². The third-order valence-corrected chi connectivity index (χ3v) is 3.79. The molecular weight excluding hydrogens is 238 g/mol. The van der Waals surface area contributed by atoms with Crippen LogP contribution in [0.25, 0.3) is 11.0 Å². The van der Waals surface area contributed by atoms with E-state index >= 15 is 0 Å². The number of benzene rings is 1. The average molecular weight is 253 g/mol. The summed E-state index contributed by atoms with van der Waals surface area (Å²) >= 11 is 0. The van der Waals surface area contributed by atoms with Gasteiger partial charge in [0.2, 0.25) is 0 Å². The molecule has 4 rings (SSSR count). The maximum Gasteiger partial charge on any atom is 0.124 e. The summed E-state index contributed by atoms with van der Waals surface area (Å²) < 4.78 is 0. The topological polar surface area (TPSA) is 69.4 Å². The predicted octanol–water partition coefficient (Wildman–Crippen LogP) is 1.98. The van der Waals surface area contributed by atoms with Crippen LogP contribution in [0, 0.1) is 6.92 Å². The Bertz CT molecular complexity index is 739. The summed E-state index contributed by atoms with van der Waals surface area (Å²) in [7, 11) is 0. The van der Waals surface area contributed by atoms with Gasteiger partial charge in [-0.1, -0.05) is 12.1 Å². The van der Waals surface area contributed by atoms with E-state index in [-0.39, 0.29) is 6.04 Å². The summed E-state index contributed by atoms with van der Waals surface area (Å²) in [6.45, 7) is 2.91. The monoisotopic (exact) mass is 253 g/mol. The van der Waals surface area contributed by atoms with E-state index in [2.05, 4.69) is 45.4 Å². The number of nitrogens with one attached hydrogen (secondary N) is 3. The normalized spacial score (nSPS) is 18.7. The minimum atomic E-state index is 0.211. The van der Waals surface area contributed by atoms with Gasteiger partial charge in [0.15, 0.2) is 0 Å². The zero-order valence-corrected chi connectivity index (χ0v) is 10.7. The van der Waals surface area contributed by atoms with Crippen LogP contribution in [0.3, 0.4) is 0 Å². The lowest BCUT2D eigenvalue weighted by Crippen LogP contribution is -2.29. The van der Waals surface area contributed by atoms with Crippen LogP contribution in [-0.2, 0) is 13.0 Å². The van der Waals surface area contributed by atoms with Crippen molar-refractivity contribution < 1.29 is 0 Å². The Morgan fingerprint density at radius 1 is 1.32 bits per heavy atom. The first-order chi connectivity index (χ1) is 9.31. The molecule has 0 saturated heterocycles. The van der Waals surface area contributed by atoms with Gasteiger partial charge in [-0.2, -0.15) is 0 Å². The molecule has 5 heteroatoms. The Balaban J connectivity index is 1.74. The number of rotatable bonds is 1.